The van der Waals surface area contributed by atoms with Crippen molar-refractivity contribution >= 4 is 11.6 Å². The van der Waals surface area contributed by atoms with Crippen molar-refractivity contribution in [3.05, 3.63) is 35.4 Å². The second-order valence-corrected chi connectivity index (χ2v) is 4.90. The first-order chi connectivity index (χ1) is 7.63. The summed E-state index contributed by atoms with van der Waals surface area (Å²) in [4.78, 5) is 0. The first kappa shape index (κ1) is 13.1. The van der Waals surface area contributed by atoms with Crippen LogP contribution in [0.15, 0.2) is 24.3 Å². The van der Waals surface area contributed by atoms with Crippen molar-refractivity contribution in [2.75, 3.05) is 0 Å². The molecule has 0 N–H and O–H groups in total. The lowest BCUT2D eigenvalue weighted by Crippen LogP contribution is -1.96. The molecule has 0 nitrogen and oxygen atoms in total. The predicted molar refractivity (Wildman–Crippen MR) is 71.7 cm³/mol. The molecule has 0 heterocycles. The standard InChI is InChI=1S/C15H19Cl/c1-12(2)4-5-13(3)15-8-6-14(7-9-15)10-11-16/h6-9,12-13H,4-5H2,1-3H3. The van der Waals surface area contributed by atoms with Crippen LogP contribution >= 0.6 is 11.6 Å². The lowest BCUT2D eigenvalue weighted by molar-refractivity contribution is 0.517. The topological polar surface area (TPSA) is 0 Å². The summed E-state index contributed by atoms with van der Waals surface area (Å²) >= 11 is 5.36. The minimum atomic E-state index is 0.625. The number of halogens is 1. The smallest absolute Gasteiger partial charge is 0.0258 e. The number of rotatable bonds is 4. The fraction of sp³-hybridized carbons (Fsp3) is 0.467. The van der Waals surface area contributed by atoms with Crippen LogP contribution < -0.4 is 0 Å². The molecule has 0 saturated heterocycles. The average molecular weight is 235 g/mol. The lowest BCUT2D eigenvalue weighted by Gasteiger charge is -2.13. The Morgan fingerprint density at radius 2 is 1.69 bits per heavy atom. The van der Waals surface area contributed by atoms with E-state index in [0.717, 1.165) is 11.5 Å². The maximum atomic E-state index is 5.36. The summed E-state index contributed by atoms with van der Waals surface area (Å²) in [6.45, 7) is 6.82. The van der Waals surface area contributed by atoms with E-state index in [0.29, 0.717) is 5.92 Å². The van der Waals surface area contributed by atoms with Crippen molar-refractivity contribution < 1.29 is 0 Å². The first-order valence-electron chi connectivity index (χ1n) is 5.85. The highest BCUT2D eigenvalue weighted by Gasteiger charge is 2.06. The molecule has 0 aliphatic rings. The Morgan fingerprint density at radius 1 is 1.06 bits per heavy atom. The zero-order chi connectivity index (χ0) is 12.0. The van der Waals surface area contributed by atoms with Crippen molar-refractivity contribution in [3.8, 4) is 11.3 Å². The van der Waals surface area contributed by atoms with Crippen LogP contribution in [0, 0.1) is 17.2 Å². The Labute approximate surface area is 104 Å². The highest BCUT2D eigenvalue weighted by atomic mass is 35.5. The minimum absolute atomic E-state index is 0.625. The van der Waals surface area contributed by atoms with Gasteiger partial charge in [-0.05, 0) is 53.5 Å². The van der Waals surface area contributed by atoms with E-state index in [1.54, 1.807) is 0 Å². The Balaban J connectivity index is 2.61. The van der Waals surface area contributed by atoms with Crippen LogP contribution in [0.2, 0.25) is 0 Å². The molecule has 1 aromatic carbocycles. The van der Waals surface area contributed by atoms with Crippen molar-refractivity contribution in [1.82, 2.24) is 0 Å². The molecule has 0 aliphatic heterocycles. The van der Waals surface area contributed by atoms with Crippen LogP contribution in [-0.2, 0) is 0 Å². The van der Waals surface area contributed by atoms with Gasteiger partial charge in [0.1, 0.15) is 0 Å². The predicted octanol–water partition coefficient (Wildman–Crippen LogP) is 4.77. The maximum absolute atomic E-state index is 5.36. The van der Waals surface area contributed by atoms with Crippen molar-refractivity contribution in [2.45, 2.75) is 39.5 Å². The average Bonchev–Trinajstić information content (AvgIpc) is 2.27. The van der Waals surface area contributed by atoms with Gasteiger partial charge in [-0.15, -0.1) is 0 Å². The van der Waals surface area contributed by atoms with Crippen molar-refractivity contribution in [2.24, 2.45) is 5.92 Å². The third-order valence-corrected chi connectivity index (χ3v) is 2.94. The molecule has 0 aromatic heterocycles. The molecule has 0 fully saturated rings. The highest BCUT2D eigenvalue weighted by Crippen LogP contribution is 2.22. The summed E-state index contributed by atoms with van der Waals surface area (Å²) in [6.07, 6.45) is 2.53. The van der Waals surface area contributed by atoms with Crippen LogP contribution in [0.4, 0.5) is 0 Å². The zero-order valence-corrected chi connectivity index (χ0v) is 11.0. The summed E-state index contributed by atoms with van der Waals surface area (Å²) < 4.78 is 0. The van der Waals surface area contributed by atoms with Gasteiger partial charge in [-0.25, -0.2) is 0 Å². The van der Waals surface area contributed by atoms with Gasteiger partial charge < -0.3 is 0 Å². The van der Waals surface area contributed by atoms with E-state index >= 15 is 0 Å². The fourth-order valence-corrected chi connectivity index (χ4v) is 1.81. The summed E-state index contributed by atoms with van der Waals surface area (Å²) in [5.74, 6) is 4.25. The molecule has 0 spiro atoms. The number of benzene rings is 1. The van der Waals surface area contributed by atoms with Crippen LogP contribution in [-0.4, -0.2) is 0 Å². The summed E-state index contributed by atoms with van der Waals surface area (Å²) in [5.41, 5.74) is 2.37. The molecule has 1 unspecified atom stereocenters. The Hall–Kier alpha value is -0.930. The van der Waals surface area contributed by atoms with Crippen LogP contribution in [0.25, 0.3) is 0 Å². The molecule has 0 aliphatic carbocycles. The molecular formula is C15H19Cl. The van der Waals surface area contributed by atoms with Crippen LogP contribution in [0.5, 0.6) is 0 Å². The van der Waals surface area contributed by atoms with Crippen LogP contribution in [0.3, 0.4) is 0 Å². The van der Waals surface area contributed by atoms with E-state index < -0.39 is 0 Å². The Bertz CT molecular complexity index is 365. The lowest BCUT2D eigenvalue weighted by atomic mass is 9.92. The molecule has 0 bridgehead atoms. The first-order valence-corrected chi connectivity index (χ1v) is 6.23. The minimum Gasteiger partial charge on any atom is -0.0628 e. The van der Waals surface area contributed by atoms with E-state index in [9.17, 15) is 0 Å². The van der Waals surface area contributed by atoms with Crippen molar-refractivity contribution in [1.29, 1.82) is 0 Å². The van der Waals surface area contributed by atoms with E-state index in [1.165, 1.54) is 18.4 Å². The van der Waals surface area contributed by atoms with Gasteiger partial charge in [0.25, 0.3) is 0 Å². The van der Waals surface area contributed by atoms with Gasteiger partial charge in [0.2, 0.25) is 0 Å². The Morgan fingerprint density at radius 3 is 2.19 bits per heavy atom. The van der Waals surface area contributed by atoms with Crippen molar-refractivity contribution in [3.63, 3.8) is 0 Å². The number of hydrogen-bond donors (Lipinski definition) is 0. The summed E-state index contributed by atoms with van der Waals surface area (Å²) in [6, 6.07) is 8.39. The monoisotopic (exact) mass is 234 g/mol. The molecule has 1 atom stereocenters. The maximum Gasteiger partial charge on any atom is 0.0258 e. The second-order valence-electron chi connectivity index (χ2n) is 4.71. The van der Waals surface area contributed by atoms with Crippen LogP contribution in [0.1, 0.15) is 50.7 Å². The largest absolute Gasteiger partial charge is 0.0628 e. The van der Waals surface area contributed by atoms with E-state index in [4.69, 9.17) is 11.6 Å². The number of hydrogen-bond acceptors (Lipinski definition) is 0. The molecule has 0 radical (unpaired) electrons. The van der Waals surface area contributed by atoms with Gasteiger partial charge in [0.05, 0.1) is 0 Å². The molecule has 0 amide bonds. The third-order valence-electron chi connectivity index (χ3n) is 2.85. The fourth-order valence-electron chi connectivity index (χ4n) is 1.70. The van der Waals surface area contributed by atoms with Gasteiger partial charge >= 0.3 is 0 Å². The second kappa shape index (κ2) is 6.61. The quantitative estimate of drug-likeness (QED) is 0.658. The SMILES string of the molecule is CC(C)CCC(C)c1ccc(C#CCl)cc1. The van der Waals surface area contributed by atoms with Gasteiger partial charge in [0.15, 0.2) is 0 Å². The molecule has 1 heteroatoms. The molecule has 86 valence electrons. The van der Waals surface area contributed by atoms with Gasteiger partial charge in [-0.3, -0.25) is 0 Å². The molecule has 1 rings (SSSR count). The van der Waals surface area contributed by atoms with Gasteiger partial charge in [-0.2, -0.15) is 0 Å². The summed E-state index contributed by atoms with van der Waals surface area (Å²) in [5, 5.41) is 2.39. The zero-order valence-electron chi connectivity index (χ0n) is 10.3. The molecule has 0 saturated carbocycles. The molecule has 1 aromatic rings. The third kappa shape index (κ3) is 4.29. The highest BCUT2D eigenvalue weighted by molar-refractivity contribution is 6.30. The van der Waals surface area contributed by atoms with E-state index in [2.05, 4.69) is 44.2 Å². The molecule has 16 heavy (non-hydrogen) atoms. The van der Waals surface area contributed by atoms with Gasteiger partial charge in [0, 0.05) is 10.9 Å². The van der Waals surface area contributed by atoms with E-state index in [1.807, 2.05) is 12.1 Å². The van der Waals surface area contributed by atoms with Gasteiger partial charge in [-0.1, -0.05) is 39.3 Å². The molecular weight excluding hydrogens is 216 g/mol. The normalized spacial score (nSPS) is 12.1. The van der Waals surface area contributed by atoms with E-state index in [-0.39, 0.29) is 0 Å². The summed E-state index contributed by atoms with van der Waals surface area (Å²) in [7, 11) is 0. The Kier molecular flexibility index (Phi) is 5.43.